The van der Waals surface area contributed by atoms with E-state index in [-0.39, 0.29) is 115 Å². The first-order valence-electron chi connectivity index (χ1n) is 0. The Morgan fingerprint density at radius 1 is 0.667 bits per heavy atom. The van der Waals surface area contributed by atoms with Crippen LogP contribution in [0.15, 0.2) is 0 Å². The Hall–Kier alpha value is 3.07. The SMILES string of the molecule is [La+3].[Mn+2].[O-2].[O-2].[O-2].[Sr+2]. The summed E-state index contributed by atoms with van der Waals surface area (Å²) in [6, 6.07) is 0. The summed E-state index contributed by atoms with van der Waals surface area (Å²) < 4.78 is 0. The average molecular weight is 329 g/mol. The van der Waals surface area contributed by atoms with E-state index in [2.05, 4.69) is 0 Å². The fourth-order valence-corrected chi connectivity index (χ4v) is 0. The molecule has 0 aromatic rings. The fraction of sp³-hybridized carbons (Fsp3) is 0. The quantitative estimate of drug-likeness (QED) is 0.524. The van der Waals surface area contributed by atoms with Gasteiger partial charge in [-0.1, -0.05) is 0 Å². The van der Waals surface area contributed by atoms with Crippen LogP contribution in [0.25, 0.3) is 0 Å². The van der Waals surface area contributed by atoms with Crippen molar-refractivity contribution in [2.24, 2.45) is 0 Å². The Morgan fingerprint density at radius 3 is 0.667 bits per heavy atom. The Kier molecular flexibility index (Phi) is 446. The molecule has 1 radical (unpaired) electrons. The van der Waals surface area contributed by atoms with Gasteiger partial charge in [0.05, 0.1) is 0 Å². The van der Waals surface area contributed by atoms with E-state index in [4.69, 9.17) is 0 Å². The van der Waals surface area contributed by atoms with Crippen molar-refractivity contribution in [2.75, 3.05) is 0 Å². The first-order valence-corrected chi connectivity index (χ1v) is 0. The molecule has 0 saturated heterocycles. The van der Waals surface area contributed by atoms with E-state index in [0.717, 1.165) is 0 Å². The van der Waals surface area contributed by atoms with E-state index in [1.165, 1.54) is 0 Å². The van der Waals surface area contributed by atoms with Gasteiger partial charge in [-0.05, 0) is 0 Å². The largest absolute Gasteiger partial charge is 3.00 e. The minimum absolute atomic E-state index is 0. The first kappa shape index (κ1) is 62.6. The fourth-order valence-electron chi connectivity index (χ4n) is 0. The van der Waals surface area contributed by atoms with Crippen LogP contribution in [0.1, 0.15) is 0 Å². The topological polar surface area (TPSA) is 85.5 Å². The van der Waals surface area contributed by atoms with Crippen LogP contribution >= 0.6 is 0 Å². The smallest absolute Gasteiger partial charge is 2.00 e. The van der Waals surface area contributed by atoms with Crippen LogP contribution in [0.2, 0.25) is 0 Å². The van der Waals surface area contributed by atoms with E-state index in [1.54, 1.807) is 0 Å². The van der Waals surface area contributed by atoms with Crippen LogP contribution in [0, 0.1) is 35.6 Å². The van der Waals surface area contributed by atoms with Gasteiger partial charge >= 0.3 is 98.1 Å². The molecule has 0 amide bonds. The zero-order chi connectivity index (χ0) is 0. The van der Waals surface area contributed by atoms with Gasteiger partial charge in [0.15, 0.2) is 0 Å². The minimum atomic E-state index is 0. The average Bonchev–Trinajstić information content (AvgIpc) is 0. The van der Waals surface area contributed by atoms with Crippen molar-refractivity contribution >= 4 is 45.5 Å². The Balaban J connectivity index is 0. The van der Waals surface area contributed by atoms with E-state index in [0.29, 0.717) is 0 Å². The van der Waals surface area contributed by atoms with Crippen LogP contribution in [0.5, 0.6) is 0 Å². The van der Waals surface area contributed by atoms with Crippen LogP contribution in [0.4, 0.5) is 0 Å². The number of hydrogen-bond acceptors (Lipinski definition) is 0. The van der Waals surface area contributed by atoms with Crippen LogP contribution in [-0.2, 0) is 33.5 Å². The minimum Gasteiger partial charge on any atom is -2.00 e. The van der Waals surface area contributed by atoms with Gasteiger partial charge in [0.1, 0.15) is 0 Å². The van der Waals surface area contributed by atoms with Gasteiger partial charge in [0, 0.05) is 0 Å². The molecule has 3 nitrogen and oxygen atoms in total. The normalized spacial score (nSPS) is 0. The van der Waals surface area contributed by atoms with Crippen molar-refractivity contribution < 1.29 is 69.1 Å². The molecule has 0 fully saturated rings. The van der Waals surface area contributed by atoms with E-state index >= 15 is 0 Å². The summed E-state index contributed by atoms with van der Waals surface area (Å²) >= 11 is 0. The molecule has 0 aromatic carbocycles. The Labute approximate surface area is 112 Å². The van der Waals surface area contributed by atoms with Gasteiger partial charge < -0.3 is 16.4 Å². The Bertz CT molecular complexity index is 10.8. The van der Waals surface area contributed by atoms with Crippen molar-refractivity contribution in [1.82, 2.24) is 0 Å². The van der Waals surface area contributed by atoms with Crippen LogP contribution < -0.4 is 0 Å². The van der Waals surface area contributed by atoms with Gasteiger partial charge in [-0.15, -0.1) is 0 Å². The molecule has 0 aliphatic carbocycles. The maximum atomic E-state index is 0. The molecular formula is LaMnO3Sr+. The molecule has 0 aliphatic heterocycles. The molecule has 0 spiro atoms. The van der Waals surface area contributed by atoms with Gasteiger partial charge in [-0.25, -0.2) is 0 Å². The third-order valence-electron chi connectivity index (χ3n) is 0. The maximum absolute atomic E-state index is 0. The second-order valence-corrected chi connectivity index (χ2v) is 0. The summed E-state index contributed by atoms with van der Waals surface area (Å²) in [7, 11) is 0. The van der Waals surface area contributed by atoms with Gasteiger partial charge in [-0.2, -0.15) is 0 Å². The van der Waals surface area contributed by atoms with Gasteiger partial charge in [-0.3, -0.25) is 0 Å². The molecule has 0 bridgehead atoms. The molecule has 0 heterocycles. The monoisotopic (exact) mass is 330 g/mol. The molecule has 6 heteroatoms. The zero-order valence-electron chi connectivity index (χ0n) is 2.89. The summed E-state index contributed by atoms with van der Waals surface area (Å²) in [5, 5.41) is 0. The van der Waals surface area contributed by atoms with Crippen molar-refractivity contribution in [1.29, 1.82) is 0 Å². The molecule has 0 aliphatic rings. The summed E-state index contributed by atoms with van der Waals surface area (Å²) in [6.45, 7) is 0. The Morgan fingerprint density at radius 2 is 0.667 bits per heavy atom. The second-order valence-electron chi connectivity index (χ2n) is 0. The zero-order valence-corrected chi connectivity index (χ0v) is 11.2. The van der Waals surface area contributed by atoms with E-state index in [9.17, 15) is 0 Å². The van der Waals surface area contributed by atoms with Gasteiger partial charge in [0.25, 0.3) is 0 Å². The molecular weight excluding hydrogens is 329 g/mol. The molecule has 29 valence electrons. The number of rotatable bonds is 0. The van der Waals surface area contributed by atoms with Crippen molar-refractivity contribution in [3.8, 4) is 0 Å². The van der Waals surface area contributed by atoms with Crippen molar-refractivity contribution in [3.63, 3.8) is 0 Å². The second kappa shape index (κ2) is 42.7. The summed E-state index contributed by atoms with van der Waals surface area (Å²) in [6.07, 6.45) is 0. The predicted molar refractivity (Wildman–Crippen MR) is 7.81 cm³/mol. The molecule has 0 aromatic heterocycles. The first-order chi connectivity index (χ1) is 0. The van der Waals surface area contributed by atoms with Crippen LogP contribution in [0.3, 0.4) is 0 Å². The van der Waals surface area contributed by atoms with Crippen LogP contribution in [-0.4, -0.2) is 45.5 Å². The molecule has 0 unspecified atom stereocenters. The molecule has 6 heavy (non-hydrogen) atoms. The number of hydrogen-bond donors (Lipinski definition) is 0. The maximum Gasteiger partial charge on any atom is 3.00 e. The third-order valence-corrected chi connectivity index (χ3v) is 0. The molecule has 0 saturated carbocycles. The standard InChI is InChI=1S/La.Mn.3O.Sr/q+3;+2;3*-2;+2. The van der Waals surface area contributed by atoms with Crippen molar-refractivity contribution in [2.45, 2.75) is 0 Å². The van der Waals surface area contributed by atoms with Gasteiger partial charge in [0.2, 0.25) is 0 Å². The summed E-state index contributed by atoms with van der Waals surface area (Å²) in [4.78, 5) is 0. The van der Waals surface area contributed by atoms with E-state index < -0.39 is 0 Å². The van der Waals surface area contributed by atoms with E-state index in [1.807, 2.05) is 0 Å². The van der Waals surface area contributed by atoms with Crippen molar-refractivity contribution in [3.05, 3.63) is 0 Å². The molecule has 0 atom stereocenters. The molecule has 0 rings (SSSR count). The summed E-state index contributed by atoms with van der Waals surface area (Å²) in [5.74, 6) is 0. The third kappa shape index (κ3) is 27.6. The summed E-state index contributed by atoms with van der Waals surface area (Å²) in [5.41, 5.74) is 0. The molecule has 0 N–H and O–H groups in total. The predicted octanol–water partition coefficient (Wildman–Crippen LogP) is -0.740.